The summed E-state index contributed by atoms with van der Waals surface area (Å²) in [5.41, 5.74) is -4.59. The van der Waals surface area contributed by atoms with Crippen LogP contribution in [0.15, 0.2) is 104 Å². The van der Waals surface area contributed by atoms with Gasteiger partial charge in [-0.15, -0.1) is 23.5 Å². The van der Waals surface area contributed by atoms with Crippen molar-refractivity contribution in [2.75, 3.05) is 12.5 Å². The summed E-state index contributed by atoms with van der Waals surface area (Å²) in [6.45, 7) is 7.07. The molecule has 0 unspecified atom stereocenters. The fourth-order valence-corrected chi connectivity index (χ4v) is 8.90. The Hall–Kier alpha value is -4.52. The Labute approximate surface area is 293 Å². The Morgan fingerprint density at radius 3 is 1.69 bits per heavy atom. The molecule has 4 atom stereocenters. The fraction of sp³-hybridized carbons (Fsp3) is 0.297. The number of imidazole rings is 1. The van der Waals surface area contributed by atoms with Gasteiger partial charge in [0.25, 0.3) is 0 Å². The first-order chi connectivity index (χ1) is 23.4. The molecule has 10 nitrogen and oxygen atoms in total. The first kappa shape index (κ1) is 34.3. The molecule has 1 saturated heterocycles. The van der Waals surface area contributed by atoms with Gasteiger partial charge in [0.05, 0.1) is 22.0 Å². The van der Waals surface area contributed by atoms with Crippen molar-refractivity contribution in [1.29, 1.82) is 0 Å². The van der Waals surface area contributed by atoms with Gasteiger partial charge in [-0.05, 0) is 64.5 Å². The highest BCUT2D eigenvalue weighted by Crippen LogP contribution is 2.62. The third-order valence-corrected chi connectivity index (χ3v) is 12.6. The molecule has 0 radical (unpaired) electrons. The molecular formula is C37H36N4O6S2. The molecule has 3 aromatic carbocycles. The monoisotopic (exact) mass is 696 g/mol. The van der Waals surface area contributed by atoms with Gasteiger partial charge in [0.1, 0.15) is 23.1 Å². The van der Waals surface area contributed by atoms with E-state index in [0.717, 1.165) is 0 Å². The zero-order chi connectivity index (χ0) is 35.0. The van der Waals surface area contributed by atoms with E-state index in [-0.39, 0.29) is 27.2 Å². The van der Waals surface area contributed by atoms with Gasteiger partial charge in [-0.25, -0.2) is 24.5 Å². The quantitative estimate of drug-likeness (QED) is 0.0870. The van der Waals surface area contributed by atoms with E-state index in [2.05, 4.69) is 15.0 Å². The highest BCUT2D eigenvalue weighted by Gasteiger charge is 2.80. The predicted octanol–water partition coefficient (Wildman–Crippen LogP) is 6.80. The molecule has 0 aliphatic carbocycles. The third-order valence-electron chi connectivity index (χ3n) is 9.69. The van der Waals surface area contributed by atoms with Gasteiger partial charge in [-0.2, -0.15) is 0 Å². The fourth-order valence-electron chi connectivity index (χ4n) is 6.69. The van der Waals surface area contributed by atoms with Crippen molar-refractivity contribution in [3.8, 4) is 0 Å². The maximum absolute atomic E-state index is 14.1. The minimum Gasteiger partial charge on any atom is -0.448 e. The molecule has 0 saturated carbocycles. The summed E-state index contributed by atoms with van der Waals surface area (Å²) < 4.78 is 21.7. The smallest absolute Gasteiger partial charge is 0.338 e. The standard InChI is InChI=1S/C37H36N4O6S2/c1-34(33(48-5)49-6)35(2,45-31(43)25-18-12-8-13-19-25)36(3,46-32(44)26-20-14-9-15-21-26)37(4,47-34)41-23-40-28-27(38-22-39-30(28)41)29(42)24-16-10-7-11-17-24/h7-23,33H,1-6H3/t34-,35-,36-,37-/m1/s1. The molecule has 0 amide bonds. The SMILES string of the molecule is CSC(SC)[C@@]1(C)O[C@@](C)(n2cnc3c(C(=O)c4ccccc4)ncnc32)[C@](C)(OC(=O)c2ccccc2)[C@]1(C)OC(=O)c1ccccc1. The predicted molar refractivity (Wildman–Crippen MR) is 190 cm³/mol. The molecule has 6 rings (SSSR count). The number of esters is 2. The summed E-state index contributed by atoms with van der Waals surface area (Å²) in [7, 11) is 0. The summed E-state index contributed by atoms with van der Waals surface area (Å²) >= 11 is 3.05. The van der Waals surface area contributed by atoms with Gasteiger partial charge in [0.15, 0.2) is 22.6 Å². The normalized spacial score (nSPS) is 25.0. The van der Waals surface area contributed by atoms with Crippen LogP contribution in [0.4, 0.5) is 0 Å². The summed E-state index contributed by atoms with van der Waals surface area (Å²) in [5.74, 6) is -1.59. The molecule has 12 heteroatoms. The van der Waals surface area contributed by atoms with E-state index in [1.165, 1.54) is 36.2 Å². The molecule has 1 aliphatic rings. The topological polar surface area (TPSA) is 123 Å². The van der Waals surface area contributed by atoms with Crippen molar-refractivity contribution in [3.63, 3.8) is 0 Å². The van der Waals surface area contributed by atoms with Crippen LogP contribution in [0.25, 0.3) is 11.2 Å². The van der Waals surface area contributed by atoms with E-state index in [0.29, 0.717) is 16.7 Å². The Kier molecular flexibility index (Phi) is 9.16. The lowest BCUT2D eigenvalue weighted by Crippen LogP contribution is -2.67. The zero-order valence-electron chi connectivity index (χ0n) is 27.9. The van der Waals surface area contributed by atoms with Crippen molar-refractivity contribution >= 4 is 52.4 Å². The number of nitrogens with zero attached hydrogens (tertiary/aromatic N) is 4. The third kappa shape index (κ3) is 5.42. The van der Waals surface area contributed by atoms with Crippen molar-refractivity contribution in [3.05, 3.63) is 126 Å². The van der Waals surface area contributed by atoms with E-state index in [4.69, 9.17) is 14.2 Å². The second-order valence-corrected chi connectivity index (χ2v) is 14.5. The Morgan fingerprint density at radius 1 is 0.694 bits per heavy atom. The summed E-state index contributed by atoms with van der Waals surface area (Å²) in [6, 6.07) is 26.0. The van der Waals surface area contributed by atoms with Crippen LogP contribution in [0, 0.1) is 0 Å². The number of rotatable bonds is 10. The number of hydrogen-bond donors (Lipinski definition) is 0. The number of fused-ring (bicyclic) bond motifs is 1. The Balaban J connectivity index is 1.58. The summed E-state index contributed by atoms with van der Waals surface area (Å²) in [6.07, 6.45) is 6.68. The maximum Gasteiger partial charge on any atom is 0.338 e. The van der Waals surface area contributed by atoms with Crippen molar-refractivity contribution in [1.82, 2.24) is 19.5 Å². The largest absolute Gasteiger partial charge is 0.448 e. The van der Waals surface area contributed by atoms with Crippen LogP contribution >= 0.6 is 23.5 Å². The van der Waals surface area contributed by atoms with Crippen LogP contribution in [0.3, 0.4) is 0 Å². The van der Waals surface area contributed by atoms with E-state index in [1.807, 2.05) is 31.6 Å². The van der Waals surface area contributed by atoms with Gasteiger partial charge < -0.3 is 14.2 Å². The molecule has 2 aromatic heterocycles. The lowest BCUT2D eigenvalue weighted by Gasteiger charge is -2.48. The average molecular weight is 697 g/mol. The minimum atomic E-state index is -1.74. The number of carbonyl (C=O) groups is 3. The molecule has 1 aliphatic heterocycles. The van der Waals surface area contributed by atoms with Crippen LogP contribution < -0.4 is 0 Å². The highest BCUT2D eigenvalue weighted by molar-refractivity contribution is 8.16. The highest BCUT2D eigenvalue weighted by atomic mass is 32.2. The number of hydrogen-bond acceptors (Lipinski definition) is 11. The summed E-state index contributed by atoms with van der Waals surface area (Å²) in [4.78, 5) is 55.2. The van der Waals surface area contributed by atoms with E-state index < -0.39 is 34.5 Å². The van der Waals surface area contributed by atoms with Crippen LogP contribution in [-0.4, -0.2) is 71.1 Å². The molecular weight excluding hydrogens is 661 g/mol. The second kappa shape index (κ2) is 13.1. The Morgan fingerprint density at radius 2 is 1.18 bits per heavy atom. The molecule has 1 fully saturated rings. The molecule has 0 bridgehead atoms. The van der Waals surface area contributed by atoms with Crippen molar-refractivity contribution < 1.29 is 28.6 Å². The average Bonchev–Trinajstić information content (AvgIpc) is 3.62. The lowest BCUT2D eigenvalue weighted by molar-refractivity contribution is -0.189. The van der Waals surface area contributed by atoms with Crippen molar-refractivity contribution in [2.24, 2.45) is 0 Å². The van der Waals surface area contributed by atoms with E-state index >= 15 is 0 Å². The number of ether oxygens (including phenoxy) is 3. The number of carbonyl (C=O) groups excluding carboxylic acids is 3. The first-order valence-corrected chi connectivity index (χ1v) is 18.1. The van der Waals surface area contributed by atoms with Crippen LogP contribution in [-0.2, 0) is 19.9 Å². The van der Waals surface area contributed by atoms with Gasteiger partial charge >= 0.3 is 11.9 Å². The molecule has 252 valence electrons. The molecule has 3 heterocycles. The van der Waals surface area contributed by atoms with Crippen molar-refractivity contribution in [2.45, 2.75) is 54.8 Å². The summed E-state index contributed by atoms with van der Waals surface area (Å²) in [5, 5.41) is 0. The minimum absolute atomic E-state index is 0.103. The lowest BCUT2D eigenvalue weighted by atomic mass is 9.72. The van der Waals surface area contributed by atoms with Crippen LogP contribution in [0.1, 0.15) is 64.5 Å². The molecule has 0 spiro atoms. The first-order valence-electron chi connectivity index (χ1n) is 15.5. The van der Waals surface area contributed by atoms with Gasteiger partial charge in [0.2, 0.25) is 5.78 Å². The van der Waals surface area contributed by atoms with Crippen LogP contribution in [0.5, 0.6) is 0 Å². The molecule has 0 N–H and O–H groups in total. The number of thioether (sulfide) groups is 2. The number of ketones is 1. The Bertz CT molecular complexity index is 2010. The zero-order valence-corrected chi connectivity index (χ0v) is 29.6. The van der Waals surface area contributed by atoms with Crippen LogP contribution in [0.2, 0.25) is 0 Å². The number of benzene rings is 3. The van der Waals surface area contributed by atoms with E-state index in [9.17, 15) is 14.4 Å². The van der Waals surface area contributed by atoms with E-state index in [1.54, 1.807) is 104 Å². The van der Waals surface area contributed by atoms with Gasteiger partial charge in [0, 0.05) is 5.56 Å². The maximum atomic E-state index is 14.1. The molecule has 5 aromatic rings. The number of aromatic nitrogens is 4. The second-order valence-electron chi connectivity index (χ2n) is 12.3. The van der Waals surface area contributed by atoms with Gasteiger partial charge in [-0.1, -0.05) is 66.7 Å². The molecule has 49 heavy (non-hydrogen) atoms. The van der Waals surface area contributed by atoms with Gasteiger partial charge in [-0.3, -0.25) is 9.36 Å².